The van der Waals surface area contributed by atoms with E-state index in [4.69, 9.17) is 0 Å². The van der Waals surface area contributed by atoms with Crippen LogP contribution in [0, 0.1) is 5.92 Å². The largest absolute Gasteiger partial charge is 0.317 e. The summed E-state index contributed by atoms with van der Waals surface area (Å²) in [5.41, 5.74) is 0. The predicted octanol–water partition coefficient (Wildman–Crippen LogP) is 1.20. The van der Waals surface area contributed by atoms with Crippen molar-refractivity contribution in [2.75, 3.05) is 26.7 Å². The van der Waals surface area contributed by atoms with E-state index in [0.717, 1.165) is 24.0 Å². The predicted molar refractivity (Wildman–Crippen MR) is 71.2 cm³/mol. The molecular formula is C14H27N3. The van der Waals surface area contributed by atoms with Gasteiger partial charge in [-0.15, -0.1) is 0 Å². The summed E-state index contributed by atoms with van der Waals surface area (Å²) in [6.45, 7) is 3.79. The Morgan fingerprint density at radius 1 is 1.00 bits per heavy atom. The van der Waals surface area contributed by atoms with Gasteiger partial charge in [-0.05, 0) is 64.6 Å². The van der Waals surface area contributed by atoms with E-state index in [1.807, 2.05) is 0 Å². The Bertz CT molecular complexity index is 238. The van der Waals surface area contributed by atoms with E-state index < -0.39 is 0 Å². The van der Waals surface area contributed by atoms with Crippen molar-refractivity contribution in [3.05, 3.63) is 0 Å². The van der Waals surface area contributed by atoms with Crippen LogP contribution in [-0.2, 0) is 0 Å². The summed E-state index contributed by atoms with van der Waals surface area (Å²) in [6, 6.07) is 2.51. The van der Waals surface area contributed by atoms with Crippen LogP contribution in [0.15, 0.2) is 0 Å². The van der Waals surface area contributed by atoms with Gasteiger partial charge in [-0.25, -0.2) is 0 Å². The molecule has 0 amide bonds. The third kappa shape index (κ3) is 2.83. The lowest BCUT2D eigenvalue weighted by atomic mass is 9.94. The molecule has 2 N–H and O–H groups in total. The number of hydrogen-bond acceptors (Lipinski definition) is 3. The molecule has 0 saturated carbocycles. The molecule has 3 heteroatoms. The van der Waals surface area contributed by atoms with Crippen molar-refractivity contribution < 1.29 is 0 Å². The van der Waals surface area contributed by atoms with Crippen molar-refractivity contribution in [2.24, 2.45) is 5.92 Å². The Kier molecular flexibility index (Phi) is 3.69. The third-order valence-electron chi connectivity index (χ3n) is 5.08. The summed E-state index contributed by atoms with van der Waals surface area (Å²) in [5.74, 6) is 0.939. The van der Waals surface area contributed by atoms with E-state index in [2.05, 4.69) is 22.6 Å². The van der Waals surface area contributed by atoms with Gasteiger partial charge in [0.25, 0.3) is 0 Å². The number of piperidine rings is 2. The van der Waals surface area contributed by atoms with Gasteiger partial charge in [-0.3, -0.25) is 0 Å². The van der Waals surface area contributed by atoms with Crippen molar-refractivity contribution in [1.82, 2.24) is 15.5 Å². The summed E-state index contributed by atoms with van der Waals surface area (Å²) < 4.78 is 0. The molecule has 3 heterocycles. The summed E-state index contributed by atoms with van der Waals surface area (Å²) in [7, 11) is 2.36. The molecule has 3 rings (SSSR count). The van der Waals surface area contributed by atoms with Crippen LogP contribution in [-0.4, -0.2) is 49.7 Å². The Morgan fingerprint density at radius 3 is 2.29 bits per heavy atom. The summed E-state index contributed by atoms with van der Waals surface area (Å²) in [5, 5.41) is 7.21. The van der Waals surface area contributed by atoms with Crippen LogP contribution in [0.3, 0.4) is 0 Å². The average Bonchev–Trinajstić information content (AvgIpc) is 2.69. The van der Waals surface area contributed by atoms with Crippen molar-refractivity contribution in [2.45, 2.75) is 56.7 Å². The molecule has 2 bridgehead atoms. The van der Waals surface area contributed by atoms with Crippen LogP contribution in [0.5, 0.6) is 0 Å². The molecule has 0 aromatic rings. The van der Waals surface area contributed by atoms with Gasteiger partial charge < -0.3 is 15.5 Å². The molecule has 0 radical (unpaired) electrons. The SMILES string of the molecule is CN(CC1CCNCC1)C1CC2CCC(C1)N2. The van der Waals surface area contributed by atoms with Crippen molar-refractivity contribution >= 4 is 0 Å². The average molecular weight is 237 g/mol. The second-order valence-electron chi connectivity index (χ2n) is 6.40. The Balaban J connectivity index is 1.49. The number of hydrogen-bond donors (Lipinski definition) is 2. The Hall–Kier alpha value is -0.120. The van der Waals surface area contributed by atoms with Crippen LogP contribution in [0.2, 0.25) is 0 Å². The fraction of sp³-hybridized carbons (Fsp3) is 1.00. The first kappa shape index (κ1) is 11.9. The van der Waals surface area contributed by atoms with E-state index in [1.54, 1.807) is 0 Å². The van der Waals surface area contributed by atoms with Gasteiger partial charge in [0.1, 0.15) is 0 Å². The molecule has 3 nitrogen and oxygen atoms in total. The molecular weight excluding hydrogens is 210 g/mol. The number of rotatable bonds is 3. The van der Waals surface area contributed by atoms with Gasteiger partial charge in [0.2, 0.25) is 0 Å². The highest BCUT2D eigenvalue weighted by molar-refractivity contribution is 4.95. The van der Waals surface area contributed by atoms with Crippen LogP contribution >= 0.6 is 0 Å². The molecule has 2 atom stereocenters. The molecule has 3 aliphatic heterocycles. The molecule has 0 spiro atoms. The lowest BCUT2D eigenvalue weighted by Gasteiger charge is -2.38. The number of fused-ring (bicyclic) bond motifs is 2. The zero-order chi connectivity index (χ0) is 11.7. The van der Waals surface area contributed by atoms with Crippen molar-refractivity contribution in [3.63, 3.8) is 0 Å². The fourth-order valence-corrected chi connectivity index (χ4v) is 4.01. The van der Waals surface area contributed by atoms with E-state index in [-0.39, 0.29) is 0 Å². The van der Waals surface area contributed by atoms with Gasteiger partial charge in [-0.1, -0.05) is 0 Å². The quantitative estimate of drug-likeness (QED) is 0.772. The lowest BCUT2D eigenvalue weighted by Crippen LogP contribution is -2.48. The molecule has 0 aliphatic carbocycles. The molecule has 0 aromatic carbocycles. The second kappa shape index (κ2) is 5.25. The lowest BCUT2D eigenvalue weighted by molar-refractivity contribution is 0.140. The first-order valence-corrected chi connectivity index (χ1v) is 7.48. The van der Waals surface area contributed by atoms with Gasteiger partial charge in [-0.2, -0.15) is 0 Å². The maximum Gasteiger partial charge on any atom is 0.0122 e. The van der Waals surface area contributed by atoms with Crippen molar-refractivity contribution in [3.8, 4) is 0 Å². The first-order valence-electron chi connectivity index (χ1n) is 7.48. The monoisotopic (exact) mass is 237 g/mol. The molecule has 0 aromatic heterocycles. The van der Waals surface area contributed by atoms with Crippen LogP contribution in [0.1, 0.15) is 38.5 Å². The number of nitrogens with zero attached hydrogens (tertiary/aromatic N) is 1. The van der Waals surface area contributed by atoms with E-state index in [0.29, 0.717) is 0 Å². The van der Waals surface area contributed by atoms with Gasteiger partial charge in [0, 0.05) is 24.7 Å². The van der Waals surface area contributed by atoms with Crippen LogP contribution in [0.25, 0.3) is 0 Å². The molecule has 2 unspecified atom stereocenters. The highest BCUT2D eigenvalue weighted by Gasteiger charge is 2.35. The molecule has 17 heavy (non-hydrogen) atoms. The molecule has 3 fully saturated rings. The smallest absolute Gasteiger partial charge is 0.0122 e. The fourth-order valence-electron chi connectivity index (χ4n) is 4.01. The maximum absolute atomic E-state index is 3.74. The Morgan fingerprint density at radius 2 is 1.65 bits per heavy atom. The highest BCUT2D eigenvalue weighted by atomic mass is 15.2. The third-order valence-corrected chi connectivity index (χ3v) is 5.08. The molecule has 98 valence electrons. The molecule has 3 saturated heterocycles. The van der Waals surface area contributed by atoms with Crippen LogP contribution < -0.4 is 10.6 Å². The zero-order valence-electron chi connectivity index (χ0n) is 11.1. The number of nitrogens with one attached hydrogen (secondary N) is 2. The first-order chi connectivity index (χ1) is 8.31. The van der Waals surface area contributed by atoms with Gasteiger partial charge >= 0.3 is 0 Å². The normalized spacial score (nSPS) is 38.8. The summed E-state index contributed by atoms with van der Waals surface area (Å²) in [6.07, 6.45) is 8.37. The van der Waals surface area contributed by atoms with Gasteiger partial charge in [0.05, 0.1) is 0 Å². The van der Waals surface area contributed by atoms with Crippen LogP contribution in [0.4, 0.5) is 0 Å². The Labute approximate surface area is 105 Å². The standard InChI is InChI=1S/C14H27N3/c1-17(10-11-4-6-15-7-5-11)14-8-12-2-3-13(9-14)16-12/h11-16H,2-10H2,1H3. The second-order valence-corrected chi connectivity index (χ2v) is 6.40. The highest BCUT2D eigenvalue weighted by Crippen LogP contribution is 2.30. The van der Waals surface area contributed by atoms with E-state index >= 15 is 0 Å². The zero-order valence-corrected chi connectivity index (χ0v) is 11.1. The van der Waals surface area contributed by atoms with E-state index in [1.165, 1.54) is 58.2 Å². The minimum atomic E-state index is 0.828. The minimum Gasteiger partial charge on any atom is -0.317 e. The minimum absolute atomic E-state index is 0.828. The molecule has 3 aliphatic rings. The van der Waals surface area contributed by atoms with Crippen molar-refractivity contribution in [1.29, 1.82) is 0 Å². The topological polar surface area (TPSA) is 27.3 Å². The van der Waals surface area contributed by atoms with E-state index in [9.17, 15) is 0 Å². The van der Waals surface area contributed by atoms with Gasteiger partial charge in [0.15, 0.2) is 0 Å². The summed E-state index contributed by atoms with van der Waals surface area (Å²) >= 11 is 0. The summed E-state index contributed by atoms with van der Waals surface area (Å²) in [4.78, 5) is 2.67. The maximum atomic E-state index is 3.74.